The molecule has 1 amide bonds. The van der Waals surface area contributed by atoms with Crippen LogP contribution >= 0.6 is 12.6 Å². The molecule has 0 aromatic carbocycles. The van der Waals surface area contributed by atoms with Gasteiger partial charge in [0.05, 0.1) is 6.04 Å². The smallest absolute Gasteiger partial charge is 0.235 e. The van der Waals surface area contributed by atoms with Crippen molar-refractivity contribution < 1.29 is 4.79 Å². The Hall–Kier alpha value is -0.220. The number of amides is 1. The summed E-state index contributed by atoms with van der Waals surface area (Å²) in [4.78, 5) is 9.98. The Morgan fingerprint density at radius 1 is 1.86 bits per heavy atom. The van der Waals surface area contributed by atoms with Gasteiger partial charge in [0.1, 0.15) is 0 Å². The predicted molar refractivity (Wildman–Crippen MR) is 31.0 cm³/mol. The fourth-order valence-electron chi connectivity index (χ4n) is 0.0900. The van der Waals surface area contributed by atoms with E-state index in [9.17, 15) is 4.79 Å². The summed E-state index contributed by atoms with van der Waals surface area (Å²) in [7, 11) is 0. The maximum atomic E-state index is 9.98. The molecule has 0 fully saturated rings. The van der Waals surface area contributed by atoms with Gasteiger partial charge in [0.25, 0.3) is 0 Å². The van der Waals surface area contributed by atoms with Crippen LogP contribution in [0.3, 0.4) is 0 Å². The molecule has 4 N–H and O–H groups in total. The van der Waals surface area contributed by atoms with E-state index in [2.05, 4.69) is 12.6 Å². The van der Waals surface area contributed by atoms with Crippen LogP contribution in [0.25, 0.3) is 0 Å². The van der Waals surface area contributed by atoms with Crippen LogP contribution in [0, 0.1) is 0 Å². The zero-order chi connectivity index (χ0) is 5.86. The summed E-state index contributed by atoms with van der Waals surface area (Å²) in [6, 6.07) is -0.594. The number of carbonyl (C=O) groups is 1. The first-order valence-electron chi connectivity index (χ1n) is 1.84. The van der Waals surface area contributed by atoms with E-state index in [1.54, 1.807) is 0 Å². The standard InChI is InChI=1S/C3H8N2OS/c4-2(1-7)3(5)6/h2,7H,1,4H2,(H2,5,6). The van der Waals surface area contributed by atoms with Gasteiger partial charge in [-0.25, -0.2) is 0 Å². The third-order valence-corrected chi connectivity index (χ3v) is 0.956. The van der Waals surface area contributed by atoms with Gasteiger partial charge in [-0.15, -0.1) is 0 Å². The zero-order valence-electron chi connectivity index (χ0n) is 3.79. The minimum Gasteiger partial charge on any atom is -0.368 e. The van der Waals surface area contributed by atoms with Crippen LogP contribution in [0.15, 0.2) is 0 Å². The van der Waals surface area contributed by atoms with Gasteiger partial charge in [0.15, 0.2) is 0 Å². The molecule has 7 heavy (non-hydrogen) atoms. The third kappa shape index (κ3) is 2.47. The van der Waals surface area contributed by atoms with Crippen LogP contribution in [-0.2, 0) is 4.79 Å². The molecule has 0 bridgehead atoms. The number of primary amides is 1. The highest BCUT2D eigenvalue weighted by molar-refractivity contribution is 7.80. The van der Waals surface area contributed by atoms with Gasteiger partial charge in [-0.3, -0.25) is 4.79 Å². The summed E-state index contributed by atoms with van der Waals surface area (Å²) in [6.45, 7) is 0. The van der Waals surface area contributed by atoms with Gasteiger partial charge in [-0.1, -0.05) is 0 Å². The number of hydrogen-bond acceptors (Lipinski definition) is 3. The first-order valence-corrected chi connectivity index (χ1v) is 2.47. The summed E-state index contributed by atoms with van der Waals surface area (Å²) < 4.78 is 0. The lowest BCUT2D eigenvalue weighted by molar-refractivity contribution is -0.118. The van der Waals surface area contributed by atoms with E-state index < -0.39 is 11.9 Å². The average Bonchev–Trinajstić information content (AvgIpc) is 1.65. The molecule has 0 aliphatic heterocycles. The van der Waals surface area contributed by atoms with Crippen LogP contribution < -0.4 is 11.5 Å². The molecular formula is C3H8N2OS. The lowest BCUT2D eigenvalue weighted by atomic mass is 10.4. The quantitative estimate of drug-likeness (QED) is 0.398. The van der Waals surface area contributed by atoms with Gasteiger partial charge >= 0.3 is 0 Å². The summed E-state index contributed by atoms with van der Waals surface area (Å²) in [5.74, 6) is -0.190. The van der Waals surface area contributed by atoms with Crippen LogP contribution in [0.5, 0.6) is 0 Å². The molecule has 42 valence electrons. The Balaban J connectivity index is 3.34. The fraction of sp³-hybridized carbons (Fsp3) is 0.667. The van der Waals surface area contributed by atoms with Crippen molar-refractivity contribution in [3.8, 4) is 0 Å². The molecule has 0 aromatic heterocycles. The van der Waals surface area contributed by atoms with E-state index in [4.69, 9.17) is 11.5 Å². The molecular weight excluding hydrogens is 112 g/mol. The molecule has 1 atom stereocenters. The molecule has 0 spiro atoms. The highest BCUT2D eigenvalue weighted by atomic mass is 32.1. The lowest BCUT2D eigenvalue weighted by Crippen LogP contribution is -2.37. The number of thiol groups is 1. The summed E-state index contributed by atoms with van der Waals surface area (Å²) in [6.07, 6.45) is 0. The van der Waals surface area contributed by atoms with E-state index in [0.29, 0.717) is 5.75 Å². The van der Waals surface area contributed by atoms with Gasteiger partial charge in [-0.05, 0) is 0 Å². The maximum absolute atomic E-state index is 9.98. The Labute approximate surface area is 47.5 Å². The molecule has 3 nitrogen and oxygen atoms in total. The Kier molecular flexibility index (Phi) is 2.78. The van der Waals surface area contributed by atoms with Crippen LogP contribution in [0.4, 0.5) is 0 Å². The molecule has 0 saturated carbocycles. The molecule has 0 saturated heterocycles. The Morgan fingerprint density at radius 3 is 2.29 bits per heavy atom. The first kappa shape index (κ1) is 6.78. The molecule has 0 aromatic rings. The normalized spacial score (nSPS) is 13.4. The van der Waals surface area contributed by atoms with Crippen molar-refractivity contribution >= 4 is 18.5 Å². The van der Waals surface area contributed by atoms with E-state index in [-0.39, 0.29) is 0 Å². The molecule has 0 radical (unpaired) electrons. The minimum absolute atomic E-state index is 0.315. The molecule has 0 aliphatic rings. The molecule has 0 rings (SSSR count). The average molecular weight is 120 g/mol. The fourth-order valence-corrected chi connectivity index (χ4v) is 0.270. The highest BCUT2D eigenvalue weighted by Crippen LogP contribution is 1.77. The minimum atomic E-state index is -0.594. The van der Waals surface area contributed by atoms with Gasteiger partial charge in [0.2, 0.25) is 5.91 Å². The second-order valence-corrected chi connectivity index (χ2v) is 1.56. The number of hydrogen-bond donors (Lipinski definition) is 3. The lowest BCUT2D eigenvalue weighted by Gasteiger charge is -1.98. The number of carbonyl (C=O) groups excluding carboxylic acids is 1. The van der Waals surface area contributed by atoms with E-state index in [1.165, 1.54) is 0 Å². The SMILES string of the molecule is NC(=O)C(N)CS. The predicted octanol–water partition coefficient (Wildman–Crippen LogP) is -1.27. The van der Waals surface area contributed by atoms with Crippen molar-refractivity contribution in [1.29, 1.82) is 0 Å². The van der Waals surface area contributed by atoms with Gasteiger partial charge in [0, 0.05) is 5.75 Å². The van der Waals surface area contributed by atoms with Crippen molar-refractivity contribution in [3.63, 3.8) is 0 Å². The molecule has 1 unspecified atom stereocenters. The summed E-state index contributed by atoms with van der Waals surface area (Å²) in [5, 5.41) is 0. The zero-order valence-corrected chi connectivity index (χ0v) is 4.69. The van der Waals surface area contributed by atoms with Crippen molar-refractivity contribution in [2.24, 2.45) is 11.5 Å². The largest absolute Gasteiger partial charge is 0.368 e. The Bertz CT molecular complexity index is 75.3. The second-order valence-electron chi connectivity index (χ2n) is 1.19. The topological polar surface area (TPSA) is 69.1 Å². The third-order valence-electron chi connectivity index (χ3n) is 0.562. The highest BCUT2D eigenvalue weighted by Gasteiger charge is 2.03. The van der Waals surface area contributed by atoms with Crippen LogP contribution in [0.2, 0.25) is 0 Å². The van der Waals surface area contributed by atoms with E-state index >= 15 is 0 Å². The van der Waals surface area contributed by atoms with Crippen molar-refractivity contribution in [2.75, 3.05) is 5.75 Å². The van der Waals surface area contributed by atoms with Crippen LogP contribution in [0.1, 0.15) is 0 Å². The van der Waals surface area contributed by atoms with Crippen molar-refractivity contribution in [3.05, 3.63) is 0 Å². The maximum Gasteiger partial charge on any atom is 0.235 e. The van der Waals surface area contributed by atoms with Gasteiger partial charge in [-0.2, -0.15) is 12.6 Å². The summed E-state index contributed by atoms with van der Waals surface area (Å²) >= 11 is 3.73. The molecule has 4 heteroatoms. The number of nitrogens with two attached hydrogens (primary N) is 2. The van der Waals surface area contributed by atoms with Gasteiger partial charge < -0.3 is 11.5 Å². The monoisotopic (exact) mass is 120 g/mol. The van der Waals surface area contributed by atoms with Crippen molar-refractivity contribution in [1.82, 2.24) is 0 Å². The van der Waals surface area contributed by atoms with Crippen LogP contribution in [-0.4, -0.2) is 17.7 Å². The molecule has 0 aliphatic carbocycles. The van der Waals surface area contributed by atoms with E-state index in [1.807, 2.05) is 0 Å². The second kappa shape index (κ2) is 2.87. The van der Waals surface area contributed by atoms with E-state index in [0.717, 1.165) is 0 Å². The Morgan fingerprint density at radius 2 is 2.29 bits per heavy atom. The summed E-state index contributed by atoms with van der Waals surface area (Å²) in [5.41, 5.74) is 9.80. The first-order chi connectivity index (χ1) is 3.18. The number of rotatable bonds is 2. The molecule has 0 heterocycles. The van der Waals surface area contributed by atoms with Crippen molar-refractivity contribution in [2.45, 2.75) is 6.04 Å².